The van der Waals surface area contributed by atoms with Gasteiger partial charge in [-0.25, -0.2) is 8.42 Å². The van der Waals surface area contributed by atoms with Gasteiger partial charge in [0.2, 0.25) is 0 Å². The summed E-state index contributed by atoms with van der Waals surface area (Å²) in [4.78, 5) is 0. The number of aliphatic hydroxyl groups excluding tert-OH is 1. The smallest absolute Gasteiger partial charge is 0.156 e. The average molecular weight is 320 g/mol. The van der Waals surface area contributed by atoms with Gasteiger partial charge in [0.15, 0.2) is 9.84 Å². The van der Waals surface area contributed by atoms with E-state index in [1.165, 1.54) is 0 Å². The van der Waals surface area contributed by atoms with Gasteiger partial charge in [0.25, 0.3) is 0 Å². The highest BCUT2D eigenvalue weighted by atomic mass is 35.5. The average Bonchev–Trinajstić information content (AvgIpc) is 2.38. The van der Waals surface area contributed by atoms with E-state index >= 15 is 0 Å². The molecule has 0 saturated carbocycles. The summed E-state index contributed by atoms with van der Waals surface area (Å²) < 4.78 is 24.4. The maximum Gasteiger partial charge on any atom is 0.156 e. The summed E-state index contributed by atoms with van der Waals surface area (Å²) in [5.74, 6) is -0.0544. The molecule has 1 atom stereocenters. The molecule has 0 bridgehead atoms. The Balaban J connectivity index is 2.69. The van der Waals surface area contributed by atoms with Crippen LogP contribution in [0.15, 0.2) is 24.3 Å². The molecule has 0 aliphatic rings. The molecule has 2 N–H and O–H groups in total. The van der Waals surface area contributed by atoms with Crippen LogP contribution in [0.5, 0.6) is 0 Å². The predicted octanol–water partition coefficient (Wildman–Crippen LogP) is 2.01. The van der Waals surface area contributed by atoms with Gasteiger partial charge < -0.3 is 10.4 Å². The Hall–Kier alpha value is -0.620. The van der Waals surface area contributed by atoms with Crippen LogP contribution in [0.25, 0.3) is 0 Å². The summed E-state index contributed by atoms with van der Waals surface area (Å²) in [6.07, 6.45) is 1.36. The molecule has 0 amide bonds. The van der Waals surface area contributed by atoms with Crippen LogP contribution < -0.4 is 5.32 Å². The molecule has 6 heteroatoms. The van der Waals surface area contributed by atoms with Gasteiger partial charge in [0, 0.05) is 17.7 Å². The van der Waals surface area contributed by atoms with Gasteiger partial charge in [-0.15, -0.1) is 0 Å². The normalized spacial score (nSPS) is 13.3. The maximum absolute atomic E-state index is 12.2. The number of rotatable bonds is 9. The van der Waals surface area contributed by atoms with Crippen LogP contribution >= 0.6 is 11.6 Å². The number of halogens is 1. The van der Waals surface area contributed by atoms with Crippen molar-refractivity contribution < 1.29 is 13.5 Å². The lowest BCUT2D eigenvalue weighted by Crippen LogP contribution is -2.37. The van der Waals surface area contributed by atoms with Crippen LogP contribution in [0.3, 0.4) is 0 Å². The molecule has 0 aliphatic heterocycles. The molecule has 1 aromatic rings. The van der Waals surface area contributed by atoms with Crippen molar-refractivity contribution in [3.8, 4) is 0 Å². The monoisotopic (exact) mass is 319 g/mol. The van der Waals surface area contributed by atoms with Crippen molar-refractivity contribution in [3.05, 3.63) is 34.9 Å². The van der Waals surface area contributed by atoms with Gasteiger partial charge in [-0.1, -0.05) is 36.7 Å². The number of hydrogen-bond donors (Lipinski definition) is 2. The first-order valence-corrected chi connectivity index (χ1v) is 8.96. The zero-order valence-electron chi connectivity index (χ0n) is 11.7. The fraction of sp³-hybridized carbons (Fsp3) is 0.571. The fourth-order valence-electron chi connectivity index (χ4n) is 1.97. The SMILES string of the molecule is CCCNC(CCO)CS(=O)(=O)Cc1ccccc1Cl. The molecule has 114 valence electrons. The van der Waals surface area contributed by atoms with Crippen molar-refractivity contribution in [1.82, 2.24) is 5.32 Å². The lowest BCUT2D eigenvalue weighted by molar-refractivity contribution is 0.269. The van der Waals surface area contributed by atoms with Crippen LogP contribution in [0.1, 0.15) is 25.3 Å². The van der Waals surface area contributed by atoms with Gasteiger partial charge in [-0.3, -0.25) is 0 Å². The van der Waals surface area contributed by atoms with E-state index in [0.29, 0.717) is 17.0 Å². The second-order valence-electron chi connectivity index (χ2n) is 4.81. The molecule has 0 radical (unpaired) electrons. The first kappa shape index (κ1) is 17.4. The first-order chi connectivity index (χ1) is 9.48. The Labute approximate surface area is 126 Å². The number of hydrogen-bond acceptors (Lipinski definition) is 4. The molecule has 20 heavy (non-hydrogen) atoms. The van der Waals surface area contributed by atoms with Crippen molar-refractivity contribution in [2.75, 3.05) is 18.9 Å². The van der Waals surface area contributed by atoms with Crippen LogP contribution in [0, 0.1) is 0 Å². The maximum atomic E-state index is 12.2. The Bertz CT molecular complexity index is 505. The summed E-state index contributed by atoms with van der Waals surface area (Å²) in [6, 6.07) is 6.74. The van der Waals surface area contributed by atoms with Crippen LogP contribution in [-0.4, -0.2) is 38.5 Å². The van der Waals surface area contributed by atoms with Crippen molar-refractivity contribution >= 4 is 21.4 Å². The third-order valence-corrected chi connectivity index (χ3v) is 4.98. The predicted molar refractivity (Wildman–Crippen MR) is 82.7 cm³/mol. The molecule has 0 spiro atoms. The summed E-state index contributed by atoms with van der Waals surface area (Å²) in [6.45, 7) is 2.73. The second kappa shape index (κ2) is 8.62. The molecule has 0 fully saturated rings. The molecule has 0 aromatic heterocycles. The highest BCUT2D eigenvalue weighted by Crippen LogP contribution is 2.18. The minimum atomic E-state index is -3.27. The number of nitrogens with one attached hydrogen (secondary N) is 1. The molecule has 0 aliphatic carbocycles. The summed E-state index contributed by atoms with van der Waals surface area (Å²) in [7, 11) is -3.27. The van der Waals surface area contributed by atoms with Crippen molar-refractivity contribution in [2.45, 2.75) is 31.6 Å². The van der Waals surface area contributed by atoms with Gasteiger partial charge in [0.05, 0.1) is 11.5 Å². The molecule has 0 heterocycles. The lowest BCUT2D eigenvalue weighted by Gasteiger charge is -2.17. The van der Waals surface area contributed by atoms with Gasteiger partial charge >= 0.3 is 0 Å². The minimum absolute atomic E-state index is 0.0127. The topological polar surface area (TPSA) is 66.4 Å². The highest BCUT2D eigenvalue weighted by molar-refractivity contribution is 7.90. The van der Waals surface area contributed by atoms with E-state index in [9.17, 15) is 8.42 Å². The van der Waals surface area contributed by atoms with E-state index < -0.39 is 9.84 Å². The molecular formula is C14H22ClNO3S. The Morgan fingerprint density at radius 2 is 2.05 bits per heavy atom. The van der Waals surface area contributed by atoms with Crippen molar-refractivity contribution in [1.29, 1.82) is 0 Å². The number of aliphatic hydroxyl groups is 1. The number of benzene rings is 1. The Morgan fingerprint density at radius 3 is 2.65 bits per heavy atom. The van der Waals surface area contributed by atoms with Crippen molar-refractivity contribution in [2.24, 2.45) is 0 Å². The molecule has 1 rings (SSSR count). The van der Waals surface area contributed by atoms with Crippen LogP contribution in [0.4, 0.5) is 0 Å². The molecule has 0 saturated heterocycles. The first-order valence-electron chi connectivity index (χ1n) is 6.76. The van der Waals surface area contributed by atoms with E-state index in [2.05, 4.69) is 5.32 Å². The molecular weight excluding hydrogens is 298 g/mol. The minimum Gasteiger partial charge on any atom is -0.396 e. The quantitative estimate of drug-likeness (QED) is 0.730. The van der Waals surface area contributed by atoms with E-state index in [4.69, 9.17) is 16.7 Å². The highest BCUT2D eigenvalue weighted by Gasteiger charge is 2.20. The van der Waals surface area contributed by atoms with Gasteiger partial charge in [-0.2, -0.15) is 0 Å². The summed E-state index contributed by atoms with van der Waals surface area (Å²) >= 11 is 5.99. The fourth-order valence-corrected chi connectivity index (χ4v) is 3.99. The van der Waals surface area contributed by atoms with E-state index in [-0.39, 0.29) is 24.2 Å². The van der Waals surface area contributed by atoms with E-state index in [0.717, 1.165) is 13.0 Å². The Kier molecular flexibility index (Phi) is 7.51. The molecule has 1 aromatic carbocycles. The zero-order valence-corrected chi connectivity index (χ0v) is 13.3. The van der Waals surface area contributed by atoms with Crippen molar-refractivity contribution in [3.63, 3.8) is 0 Å². The largest absolute Gasteiger partial charge is 0.396 e. The zero-order chi connectivity index (χ0) is 15.0. The second-order valence-corrected chi connectivity index (χ2v) is 7.33. The van der Waals surface area contributed by atoms with Crippen LogP contribution in [0.2, 0.25) is 5.02 Å². The summed E-state index contributed by atoms with van der Waals surface area (Å²) in [5, 5.41) is 12.6. The van der Waals surface area contributed by atoms with E-state index in [1.54, 1.807) is 24.3 Å². The third-order valence-electron chi connectivity index (χ3n) is 2.95. The van der Waals surface area contributed by atoms with Gasteiger partial charge in [-0.05, 0) is 31.0 Å². The lowest BCUT2D eigenvalue weighted by atomic mass is 10.2. The standard InChI is InChI=1S/C14H22ClNO3S/c1-2-8-16-13(7-9-17)11-20(18,19)10-12-5-3-4-6-14(12)15/h3-6,13,16-17H,2,7-11H2,1H3. The molecule has 1 unspecified atom stereocenters. The van der Waals surface area contributed by atoms with Gasteiger partial charge in [0.1, 0.15) is 0 Å². The summed E-state index contributed by atoms with van der Waals surface area (Å²) in [5.41, 5.74) is 0.618. The van der Waals surface area contributed by atoms with Crippen LogP contribution in [-0.2, 0) is 15.6 Å². The third kappa shape index (κ3) is 6.22. The number of sulfone groups is 1. The Morgan fingerprint density at radius 1 is 1.35 bits per heavy atom. The molecule has 4 nitrogen and oxygen atoms in total. The van der Waals surface area contributed by atoms with E-state index in [1.807, 2.05) is 6.92 Å².